The lowest BCUT2D eigenvalue weighted by Crippen LogP contribution is -2.25. The van der Waals surface area contributed by atoms with Gasteiger partial charge in [0, 0.05) is 47.9 Å². The number of nitriles is 1. The fourth-order valence-corrected chi connectivity index (χ4v) is 3.60. The van der Waals surface area contributed by atoms with Crippen LogP contribution in [0.5, 0.6) is 0 Å². The van der Waals surface area contributed by atoms with Crippen LogP contribution in [0.25, 0.3) is 33.3 Å². The summed E-state index contributed by atoms with van der Waals surface area (Å²) in [5, 5.41) is 23.6. The van der Waals surface area contributed by atoms with Gasteiger partial charge >= 0.3 is 6.09 Å². The summed E-state index contributed by atoms with van der Waals surface area (Å²) < 4.78 is 1.48. The van der Waals surface area contributed by atoms with E-state index >= 15 is 0 Å². The van der Waals surface area contributed by atoms with Crippen molar-refractivity contribution in [3.63, 3.8) is 0 Å². The molecule has 0 spiro atoms. The van der Waals surface area contributed by atoms with Crippen molar-refractivity contribution in [3.8, 4) is 6.07 Å². The normalized spacial score (nSPS) is 11.4. The zero-order chi connectivity index (χ0) is 21.8. The summed E-state index contributed by atoms with van der Waals surface area (Å²) in [6, 6.07) is 17.3. The Hall–Kier alpha value is -4.44. The summed E-state index contributed by atoms with van der Waals surface area (Å²) in [5.74, 6) is -0.260. The molecule has 7 heteroatoms. The largest absolute Gasteiger partial charge is 0.465 e. The van der Waals surface area contributed by atoms with Gasteiger partial charge in [0.25, 0.3) is 0 Å². The first kappa shape index (κ1) is 19.9. The van der Waals surface area contributed by atoms with Crippen molar-refractivity contribution in [1.82, 2.24) is 14.9 Å². The molecule has 0 aliphatic rings. The Morgan fingerprint density at radius 3 is 2.77 bits per heavy atom. The maximum Gasteiger partial charge on any atom is 0.404 e. The second-order valence-electron chi connectivity index (χ2n) is 6.92. The van der Waals surface area contributed by atoms with E-state index in [0.717, 1.165) is 21.7 Å². The minimum absolute atomic E-state index is 0.00629. The molecule has 1 amide bonds. The highest BCUT2D eigenvalue weighted by Crippen LogP contribution is 2.30. The number of rotatable bonds is 5. The highest BCUT2D eigenvalue weighted by molar-refractivity contribution is 6.06. The molecule has 0 aliphatic heterocycles. The third kappa shape index (κ3) is 4.00. The molecule has 4 aromatic rings. The van der Waals surface area contributed by atoms with Crippen LogP contribution in [-0.2, 0) is 0 Å². The number of aromatic nitrogens is 2. The predicted molar refractivity (Wildman–Crippen MR) is 118 cm³/mol. The number of hydrogen-bond acceptors (Lipinski definition) is 4. The van der Waals surface area contributed by atoms with Gasteiger partial charge < -0.3 is 10.4 Å². The summed E-state index contributed by atoms with van der Waals surface area (Å²) in [7, 11) is 0. The standard InChI is InChI=1S/C24H18N4O3/c25-13-18(12-16-4-3-5-17-14-26-10-8-19(16)17)21-15-28(22-7-2-1-6-20(21)22)23(29)9-11-27-24(30)31/h1-8,10,12,14-15,27H,9,11H2,(H,30,31). The molecule has 152 valence electrons. The molecule has 7 nitrogen and oxygen atoms in total. The van der Waals surface area contributed by atoms with Crippen molar-refractivity contribution in [2.24, 2.45) is 0 Å². The lowest BCUT2D eigenvalue weighted by Gasteiger charge is -2.04. The van der Waals surface area contributed by atoms with Gasteiger partial charge in [0.05, 0.1) is 17.2 Å². The van der Waals surface area contributed by atoms with E-state index in [4.69, 9.17) is 5.11 Å². The fraction of sp³-hybridized carbons (Fsp3) is 0.0833. The van der Waals surface area contributed by atoms with E-state index in [1.165, 1.54) is 4.57 Å². The van der Waals surface area contributed by atoms with Crippen LogP contribution in [-0.4, -0.2) is 33.2 Å². The third-order valence-corrected chi connectivity index (χ3v) is 5.02. The van der Waals surface area contributed by atoms with Gasteiger partial charge in [-0.2, -0.15) is 5.26 Å². The van der Waals surface area contributed by atoms with Crippen molar-refractivity contribution in [1.29, 1.82) is 5.26 Å². The number of amides is 1. The zero-order valence-electron chi connectivity index (χ0n) is 16.4. The second kappa shape index (κ2) is 8.51. The summed E-state index contributed by atoms with van der Waals surface area (Å²) in [5.41, 5.74) is 2.62. The monoisotopic (exact) mass is 410 g/mol. The average Bonchev–Trinajstić information content (AvgIpc) is 3.17. The van der Waals surface area contributed by atoms with Gasteiger partial charge in [0.2, 0.25) is 5.91 Å². The first-order valence-corrected chi connectivity index (χ1v) is 9.63. The van der Waals surface area contributed by atoms with E-state index in [1.54, 1.807) is 24.7 Å². The number of carbonyl (C=O) groups is 2. The van der Waals surface area contributed by atoms with Crippen LogP contribution >= 0.6 is 0 Å². The Morgan fingerprint density at radius 1 is 1.13 bits per heavy atom. The minimum Gasteiger partial charge on any atom is -0.465 e. The molecule has 31 heavy (non-hydrogen) atoms. The number of allylic oxidation sites excluding steroid dienone is 1. The van der Waals surface area contributed by atoms with Crippen molar-refractivity contribution < 1.29 is 14.7 Å². The topological polar surface area (TPSA) is 108 Å². The van der Waals surface area contributed by atoms with Gasteiger partial charge in [0.15, 0.2) is 0 Å². The smallest absolute Gasteiger partial charge is 0.404 e. The maximum absolute atomic E-state index is 12.7. The predicted octanol–water partition coefficient (Wildman–Crippen LogP) is 4.55. The molecule has 0 atom stereocenters. The molecular weight excluding hydrogens is 392 g/mol. The summed E-state index contributed by atoms with van der Waals surface area (Å²) in [4.78, 5) is 27.5. The van der Waals surface area contributed by atoms with Crippen molar-refractivity contribution in [2.45, 2.75) is 6.42 Å². The second-order valence-corrected chi connectivity index (χ2v) is 6.92. The molecule has 0 fully saturated rings. The van der Waals surface area contributed by atoms with Crippen molar-refractivity contribution in [2.75, 3.05) is 6.54 Å². The molecule has 0 unspecified atom stereocenters. The molecule has 0 radical (unpaired) electrons. The Labute approximate surface area is 177 Å². The summed E-state index contributed by atoms with van der Waals surface area (Å²) >= 11 is 0. The first-order valence-electron chi connectivity index (χ1n) is 9.63. The third-order valence-electron chi connectivity index (χ3n) is 5.02. The van der Waals surface area contributed by atoms with E-state index in [0.29, 0.717) is 16.7 Å². The van der Waals surface area contributed by atoms with Crippen molar-refractivity contribution in [3.05, 3.63) is 78.2 Å². The molecular formula is C24H18N4O3. The fourth-order valence-electron chi connectivity index (χ4n) is 3.60. The van der Waals surface area contributed by atoms with E-state index in [1.807, 2.05) is 48.5 Å². The van der Waals surface area contributed by atoms with Crippen LogP contribution in [0, 0.1) is 11.3 Å². The Kier molecular flexibility index (Phi) is 5.45. The Bertz CT molecular complexity index is 1370. The lowest BCUT2D eigenvalue weighted by atomic mass is 10.00. The Balaban J connectivity index is 1.79. The SMILES string of the molecule is N#CC(=Cc1cccc2cnccc12)c1cn(C(=O)CCNC(=O)O)c2ccccc12. The number of carbonyl (C=O) groups excluding carboxylic acids is 1. The molecule has 2 aromatic heterocycles. The number of hydrogen-bond donors (Lipinski definition) is 2. The highest BCUT2D eigenvalue weighted by Gasteiger charge is 2.16. The quantitative estimate of drug-likeness (QED) is 0.469. The first-order chi connectivity index (χ1) is 15.1. The average molecular weight is 410 g/mol. The van der Waals surface area contributed by atoms with Crippen LogP contribution in [0.4, 0.5) is 4.79 Å². The minimum atomic E-state index is -1.18. The number of benzene rings is 2. The summed E-state index contributed by atoms with van der Waals surface area (Å²) in [6.07, 6.45) is 5.77. The van der Waals surface area contributed by atoms with E-state index in [9.17, 15) is 14.9 Å². The van der Waals surface area contributed by atoms with E-state index in [-0.39, 0.29) is 18.9 Å². The lowest BCUT2D eigenvalue weighted by molar-refractivity contribution is 0.0908. The van der Waals surface area contributed by atoms with Crippen LogP contribution in [0.15, 0.2) is 67.1 Å². The maximum atomic E-state index is 12.7. The van der Waals surface area contributed by atoms with Gasteiger partial charge in [0.1, 0.15) is 0 Å². The van der Waals surface area contributed by atoms with Gasteiger partial charge in [-0.1, -0.05) is 36.4 Å². The molecule has 4 rings (SSSR count). The van der Waals surface area contributed by atoms with Gasteiger partial charge in [-0.15, -0.1) is 0 Å². The number of carboxylic acid groups (broad SMARTS) is 1. The van der Waals surface area contributed by atoms with Gasteiger partial charge in [-0.05, 0) is 29.2 Å². The van der Waals surface area contributed by atoms with Crippen LogP contribution in [0.3, 0.4) is 0 Å². The molecule has 2 aromatic carbocycles. The highest BCUT2D eigenvalue weighted by atomic mass is 16.4. The molecule has 0 saturated heterocycles. The molecule has 0 saturated carbocycles. The van der Waals surface area contributed by atoms with Gasteiger partial charge in [-0.3, -0.25) is 14.3 Å². The molecule has 2 N–H and O–H groups in total. The number of fused-ring (bicyclic) bond motifs is 2. The molecule has 0 bridgehead atoms. The zero-order valence-corrected chi connectivity index (χ0v) is 16.4. The number of para-hydroxylation sites is 1. The van der Waals surface area contributed by atoms with Crippen LogP contribution < -0.4 is 5.32 Å². The number of pyridine rings is 1. The number of nitrogens with zero attached hydrogens (tertiary/aromatic N) is 3. The van der Waals surface area contributed by atoms with Crippen molar-refractivity contribution >= 4 is 45.3 Å². The van der Waals surface area contributed by atoms with Crippen LogP contribution in [0.1, 0.15) is 22.3 Å². The molecule has 2 heterocycles. The van der Waals surface area contributed by atoms with E-state index in [2.05, 4.69) is 16.4 Å². The Morgan fingerprint density at radius 2 is 1.97 bits per heavy atom. The van der Waals surface area contributed by atoms with E-state index < -0.39 is 6.09 Å². The number of nitrogens with one attached hydrogen (secondary N) is 1. The van der Waals surface area contributed by atoms with Gasteiger partial charge in [-0.25, -0.2) is 4.79 Å². The molecule has 0 aliphatic carbocycles. The summed E-state index contributed by atoms with van der Waals surface area (Å²) in [6.45, 7) is 0.0149. The van der Waals surface area contributed by atoms with Crippen LogP contribution in [0.2, 0.25) is 0 Å².